The molecule has 2 amide bonds. The molecule has 0 aliphatic carbocycles. The number of nitrogens with zero attached hydrogens (tertiary/aromatic N) is 5. The van der Waals surface area contributed by atoms with Crippen molar-refractivity contribution in [1.82, 2.24) is 14.8 Å². The predicted octanol–water partition coefficient (Wildman–Crippen LogP) is 6.64. The summed E-state index contributed by atoms with van der Waals surface area (Å²) in [7, 11) is 1.67. The Morgan fingerprint density at radius 3 is 2.48 bits per heavy atom. The van der Waals surface area contributed by atoms with E-state index in [-0.39, 0.29) is 40.9 Å². The fraction of sp³-hybridized carbons (Fsp3) is 0.412. The molecule has 1 fully saturated rings. The van der Waals surface area contributed by atoms with Crippen LogP contribution in [0.5, 0.6) is 5.75 Å². The molecule has 1 N–H and O–H groups in total. The number of amidine groups is 1. The van der Waals surface area contributed by atoms with Crippen LogP contribution >= 0.6 is 0 Å². The van der Waals surface area contributed by atoms with Crippen molar-refractivity contribution in [2.45, 2.75) is 66.0 Å². The van der Waals surface area contributed by atoms with Gasteiger partial charge in [-0.05, 0) is 75.9 Å². The summed E-state index contributed by atoms with van der Waals surface area (Å²) >= 11 is 0. The molecule has 1 saturated heterocycles. The largest absolute Gasteiger partial charge is 0.507 e. The number of phenols is 1. The zero-order chi connectivity index (χ0) is 32.3. The third kappa shape index (κ3) is 6.69. The average Bonchev–Trinajstić information content (AvgIpc) is 2.95. The van der Waals surface area contributed by atoms with Crippen LogP contribution in [0.3, 0.4) is 0 Å². The van der Waals surface area contributed by atoms with Gasteiger partial charge in [-0.3, -0.25) is 14.7 Å². The number of hydrogen-bond acceptors (Lipinski definition) is 6. The summed E-state index contributed by atoms with van der Waals surface area (Å²) < 4.78 is 20.7. The second kappa shape index (κ2) is 13.0. The number of carbonyl (C=O) groups is 2. The second-order valence-corrected chi connectivity index (χ2v) is 12.4. The van der Waals surface area contributed by atoms with Crippen LogP contribution in [-0.2, 0) is 9.53 Å². The number of aliphatic imine (C=N–C) groups is 1. The Hall–Kier alpha value is -4.47. The minimum absolute atomic E-state index is 0.0462. The molecule has 9 nitrogen and oxygen atoms in total. The third-order valence-corrected chi connectivity index (χ3v) is 7.58. The van der Waals surface area contributed by atoms with Gasteiger partial charge in [-0.2, -0.15) is 0 Å². The maximum absolute atomic E-state index is 15.1. The SMILES string of the molecule is CN=C(c1cc(C)c(-c2c(O)cccc2F)nc1N(C=O)c1ccccc1C(C)C)N1CCN(C(=O)OC(C)(C)C)CC1C. The van der Waals surface area contributed by atoms with Crippen molar-refractivity contribution in [1.29, 1.82) is 0 Å². The van der Waals surface area contributed by atoms with Gasteiger partial charge in [0.2, 0.25) is 6.41 Å². The van der Waals surface area contributed by atoms with Crippen molar-refractivity contribution in [2.24, 2.45) is 4.99 Å². The van der Waals surface area contributed by atoms with Gasteiger partial charge in [-0.25, -0.2) is 14.2 Å². The number of amides is 2. The minimum Gasteiger partial charge on any atom is -0.507 e. The summed E-state index contributed by atoms with van der Waals surface area (Å²) in [6.07, 6.45) is 0.327. The summed E-state index contributed by atoms with van der Waals surface area (Å²) in [5.74, 6) is 0.0355. The highest BCUT2D eigenvalue weighted by atomic mass is 19.1. The molecule has 2 aromatic carbocycles. The number of aromatic nitrogens is 1. The molecular formula is C34H42FN5O4. The zero-order valence-corrected chi connectivity index (χ0v) is 26.8. The lowest BCUT2D eigenvalue weighted by molar-refractivity contribution is -0.106. The number of anilines is 2. The van der Waals surface area contributed by atoms with E-state index in [1.54, 1.807) is 18.9 Å². The number of para-hydroxylation sites is 1. The molecule has 1 unspecified atom stereocenters. The van der Waals surface area contributed by atoms with E-state index in [2.05, 4.69) is 9.89 Å². The highest BCUT2D eigenvalue weighted by Gasteiger charge is 2.34. The van der Waals surface area contributed by atoms with Crippen molar-refractivity contribution in [3.8, 4) is 17.0 Å². The Morgan fingerprint density at radius 1 is 1.18 bits per heavy atom. The van der Waals surface area contributed by atoms with Crippen LogP contribution in [0, 0.1) is 12.7 Å². The van der Waals surface area contributed by atoms with Gasteiger partial charge >= 0.3 is 6.09 Å². The molecule has 3 aromatic rings. The number of carbonyl (C=O) groups excluding carboxylic acids is 2. The summed E-state index contributed by atoms with van der Waals surface area (Å²) in [4.78, 5) is 40.5. The lowest BCUT2D eigenvalue weighted by Gasteiger charge is -2.42. The van der Waals surface area contributed by atoms with Gasteiger partial charge in [0.15, 0.2) is 5.82 Å². The number of aryl methyl sites for hydroxylation is 1. The monoisotopic (exact) mass is 603 g/mol. The molecule has 1 atom stereocenters. The quantitative estimate of drug-likeness (QED) is 0.193. The highest BCUT2D eigenvalue weighted by molar-refractivity contribution is 6.07. The summed E-state index contributed by atoms with van der Waals surface area (Å²) in [5, 5.41) is 10.7. The number of phenolic OH excluding ortho intramolecular Hbond substituents is 1. The Bertz CT molecular complexity index is 1550. The van der Waals surface area contributed by atoms with E-state index in [4.69, 9.17) is 9.72 Å². The number of rotatable bonds is 6. The number of ether oxygens (including phenoxy) is 1. The first kappa shape index (κ1) is 32.4. The normalized spacial score (nSPS) is 15.9. The van der Waals surface area contributed by atoms with E-state index in [1.807, 2.05) is 71.9 Å². The maximum atomic E-state index is 15.1. The van der Waals surface area contributed by atoms with Gasteiger partial charge in [0, 0.05) is 32.7 Å². The first-order chi connectivity index (χ1) is 20.8. The predicted molar refractivity (Wildman–Crippen MR) is 171 cm³/mol. The minimum atomic E-state index is -0.629. The molecule has 44 heavy (non-hydrogen) atoms. The third-order valence-electron chi connectivity index (χ3n) is 7.58. The highest BCUT2D eigenvalue weighted by Crippen LogP contribution is 2.39. The van der Waals surface area contributed by atoms with Crippen molar-refractivity contribution >= 4 is 29.8 Å². The molecule has 234 valence electrons. The van der Waals surface area contributed by atoms with Gasteiger partial charge in [-0.15, -0.1) is 0 Å². The summed E-state index contributed by atoms with van der Waals surface area (Å²) in [6.45, 7) is 14.7. The lowest BCUT2D eigenvalue weighted by Crippen LogP contribution is -2.56. The number of pyridine rings is 1. The first-order valence-corrected chi connectivity index (χ1v) is 14.8. The molecule has 1 aliphatic heterocycles. The van der Waals surface area contributed by atoms with Crippen molar-refractivity contribution in [3.63, 3.8) is 0 Å². The molecule has 0 spiro atoms. The fourth-order valence-corrected chi connectivity index (χ4v) is 5.54. The number of halogens is 1. The smallest absolute Gasteiger partial charge is 0.410 e. The average molecular weight is 604 g/mol. The van der Waals surface area contributed by atoms with E-state index in [0.29, 0.717) is 48.7 Å². The Morgan fingerprint density at radius 2 is 1.89 bits per heavy atom. The topological polar surface area (TPSA) is 98.6 Å². The van der Waals surface area contributed by atoms with Crippen molar-refractivity contribution in [3.05, 3.63) is 71.0 Å². The fourth-order valence-electron chi connectivity index (χ4n) is 5.54. The van der Waals surface area contributed by atoms with Crippen LogP contribution < -0.4 is 4.90 Å². The lowest BCUT2D eigenvalue weighted by atomic mass is 9.99. The van der Waals surface area contributed by atoms with Gasteiger partial charge in [0.05, 0.1) is 22.5 Å². The molecule has 0 saturated carbocycles. The van der Waals surface area contributed by atoms with Crippen LogP contribution in [0.2, 0.25) is 0 Å². The molecule has 10 heteroatoms. The van der Waals surface area contributed by atoms with Crippen molar-refractivity contribution in [2.75, 3.05) is 31.6 Å². The van der Waals surface area contributed by atoms with E-state index < -0.39 is 11.4 Å². The molecule has 1 aromatic heterocycles. The number of hydrogen-bond donors (Lipinski definition) is 1. The molecule has 0 radical (unpaired) electrons. The standard InChI is InChI=1S/C34H42FN5O4/c1-21(2)24-12-9-10-14-27(24)40(20-41)32-25(18-22(3)30(37-32)29-26(35)13-11-15-28(29)42)31(36-8)39-17-16-38(19-23(39)4)33(43)44-34(5,6)7/h9-15,18,20-21,23,42H,16-17,19H2,1-8H3. The number of aromatic hydroxyl groups is 1. The maximum Gasteiger partial charge on any atom is 0.410 e. The van der Waals surface area contributed by atoms with Gasteiger partial charge < -0.3 is 19.6 Å². The Balaban J connectivity index is 1.87. The van der Waals surface area contributed by atoms with Crippen LogP contribution in [0.4, 0.5) is 20.7 Å². The van der Waals surface area contributed by atoms with Crippen LogP contribution in [-0.4, -0.2) is 76.6 Å². The number of piperazine rings is 1. The molecule has 4 rings (SSSR count). The van der Waals surface area contributed by atoms with Crippen LogP contribution in [0.25, 0.3) is 11.3 Å². The van der Waals surface area contributed by atoms with Gasteiger partial charge in [-0.1, -0.05) is 38.1 Å². The van der Waals surface area contributed by atoms with Crippen LogP contribution in [0.15, 0.2) is 53.5 Å². The van der Waals surface area contributed by atoms with Crippen molar-refractivity contribution < 1.29 is 23.8 Å². The number of benzene rings is 2. The van der Waals surface area contributed by atoms with Crippen LogP contribution in [0.1, 0.15) is 64.2 Å². The summed E-state index contributed by atoms with van der Waals surface area (Å²) in [6, 6.07) is 13.3. The summed E-state index contributed by atoms with van der Waals surface area (Å²) in [5.41, 5.74) is 2.28. The molecule has 2 heterocycles. The second-order valence-electron chi connectivity index (χ2n) is 12.4. The molecule has 1 aliphatic rings. The Labute approximate surface area is 259 Å². The molecular weight excluding hydrogens is 561 g/mol. The van der Waals surface area contributed by atoms with E-state index >= 15 is 4.39 Å². The van der Waals surface area contributed by atoms with E-state index in [0.717, 1.165) is 5.56 Å². The van der Waals surface area contributed by atoms with Gasteiger partial charge in [0.25, 0.3) is 0 Å². The van der Waals surface area contributed by atoms with Gasteiger partial charge in [0.1, 0.15) is 23.0 Å². The Kier molecular flexibility index (Phi) is 9.61. The first-order valence-electron chi connectivity index (χ1n) is 14.8. The zero-order valence-electron chi connectivity index (χ0n) is 26.8. The van der Waals surface area contributed by atoms with E-state index in [9.17, 15) is 14.7 Å². The van der Waals surface area contributed by atoms with E-state index in [1.165, 1.54) is 23.1 Å². The molecule has 0 bridgehead atoms.